The van der Waals surface area contributed by atoms with Crippen LogP contribution in [0.25, 0.3) is 20.4 Å². The van der Waals surface area contributed by atoms with Gasteiger partial charge in [-0.15, -0.1) is 22.7 Å². The average molecular weight is 413 g/mol. The van der Waals surface area contributed by atoms with Gasteiger partial charge in [0.05, 0.1) is 27.6 Å². The predicted molar refractivity (Wildman–Crippen MR) is 117 cm³/mol. The van der Waals surface area contributed by atoms with E-state index in [2.05, 4.69) is 40.2 Å². The lowest BCUT2D eigenvalue weighted by Crippen LogP contribution is -2.38. The molecular weight excluding hydrogens is 391 g/mol. The van der Waals surface area contributed by atoms with Crippen molar-refractivity contribution in [3.8, 4) is 0 Å². The Morgan fingerprint density at radius 3 is 3.04 bits per heavy atom. The second kappa shape index (κ2) is 7.06. The zero-order valence-electron chi connectivity index (χ0n) is 15.8. The number of nitrogens with zero attached hydrogens (tertiary/aromatic N) is 3. The quantitative estimate of drug-likeness (QED) is 0.449. The molecule has 1 aromatic carbocycles. The number of benzene rings is 1. The standard InChI is InChI=1S/C21H21FN4S2/c1-12-14(4-3-7-26(12)2)19-9-15-20(16(22)10-23-21(15)28-19)25-13-5-6-18-17(8-13)24-11-27-18/h5-6,8-12,14H,3-4,7H2,1-2H3,(H,23,25). The molecule has 2 atom stereocenters. The minimum Gasteiger partial charge on any atom is -0.352 e. The first-order valence-electron chi connectivity index (χ1n) is 9.48. The number of hydrogen-bond acceptors (Lipinski definition) is 6. The Kier molecular flexibility index (Phi) is 4.53. The molecule has 4 aromatic rings. The van der Waals surface area contributed by atoms with Crippen molar-refractivity contribution in [2.75, 3.05) is 18.9 Å². The Labute approximate surface area is 171 Å². The van der Waals surface area contributed by atoms with E-state index in [1.807, 2.05) is 23.7 Å². The summed E-state index contributed by atoms with van der Waals surface area (Å²) in [6, 6.07) is 8.57. The molecule has 0 amide bonds. The summed E-state index contributed by atoms with van der Waals surface area (Å²) in [5.74, 6) is 0.143. The summed E-state index contributed by atoms with van der Waals surface area (Å²) in [5, 5.41) is 4.14. The van der Waals surface area contributed by atoms with Crippen LogP contribution >= 0.6 is 22.7 Å². The first-order valence-corrected chi connectivity index (χ1v) is 11.2. The third kappa shape index (κ3) is 3.07. The third-order valence-corrected chi connectivity index (χ3v) is 7.79. The highest BCUT2D eigenvalue weighted by atomic mass is 32.1. The van der Waals surface area contributed by atoms with E-state index in [1.165, 1.54) is 23.9 Å². The highest BCUT2D eigenvalue weighted by molar-refractivity contribution is 7.18. The number of nitrogens with one attached hydrogen (secondary N) is 1. The fraction of sp³-hybridized carbons (Fsp3) is 0.333. The fourth-order valence-corrected chi connectivity index (χ4v) is 5.97. The molecule has 0 aliphatic carbocycles. The largest absolute Gasteiger partial charge is 0.352 e. The van der Waals surface area contributed by atoms with E-state index in [4.69, 9.17) is 0 Å². The second-order valence-electron chi connectivity index (χ2n) is 7.48. The van der Waals surface area contributed by atoms with Crippen molar-refractivity contribution in [1.82, 2.24) is 14.9 Å². The number of likely N-dealkylation sites (N-methyl/N-ethyl adjacent to an activating group) is 1. The number of thiazole rings is 1. The number of piperidine rings is 1. The maximum Gasteiger partial charge on any atom is 0.165 e. The van der Waals surface area contributed by atoms with Crippen molar-refractivity contribution in [1.29, 1.82) is 0 Å². The molecular formula is C21H21FN4S2. The topological polar surface area (TPSA) is 41.1 Å². The van der Waals surface area contributed by atoms with E-state index in [9.17, 15) is 4.39 Å². The molecule has 0 saturated carbocycles. The number of aromatic nitrogens is 2. The Balaban J connectivity index is 1.54. The summed E-state index contributed by atoms with van der Waals surface area (Å²) in [6.45, 7) is 3.42. The zero-order valence-corrected chi connectivity index (χ0v) is 17.4. The summed E-state index contributed by atoms with van der Waals surface area (Å²) in [5.41, 5.74) is 4.08. The Hall–Kier alpha value is -2.09. The number of halogens is 1. The second-order valence-corrected chi connectivity index (χ2v) is 9.43. The molecule has 7 heteroatoms. The van der Waals surface area contributed by atoms with Gasteiger partial charge in [0.25, 0.3) is 0 Å². The van der Waals surface area contributed by atoms with Gasteiger partial charge in [-0.1, -0.05) is 0 Å². The van der Waals surface area contributed by atoms with Crippen LogP contribution in [0.3, 0.4) is 0 Å². The number of pyridine rings is 1. The number of thiophene rings is 1. The van der Waals surface area contributed by atoms with Gasteiger partial charge in [-0.2, -0.15) is 0 Å². The van der Waals surface area contributed by atoms with Crippen LogP contribution < -0.4 is 5.32 Å². The molecule has 4 nitrogen and oxygen atoms in total. The predicted octanol–water partition coefficient (Wildman–Crippen LogP) is 5.99. The van der Waals surface area contributed by atoms with Gasteiger partial charge >= 0.3 is 0 Å². The van der Waals surface area contributed by atoms with E-state index in [-0.39, 0.29) is 5.82 Å². The summed E-state index contributed by atoms with van der Waals surface area (Å²) in [4.78, 5) is 13.3. The summed E-state index contributed by atoms with van der Waals surface area (Å²) in [6.07, 6.45) is 3.69. The van der Waals surface area contributed by atoms with Crippen LogP contribution in [0, 0.1) is 5.82 Å². The molecule has 5 rings (SSSR count). The number of likely N-dealkylation sites (tertiary alicyclic amines) is 1. The van der Waals surface area contributed by atoms with Crippen LogP contribution in [0.4, 0.5) is 15.8 Å². The van der Waals surface area contributed by atoms with Gasteiger partial charge in [0.15, 0.2) is 5.82 Å². The molecule has 4 heterocycles. The SMILES string of the molecule is CC1C(c2cc3c(Nc4ccc5scnc5c4)c(F)cnc3s2)CCCN1C. The lowest BCUT2D eigenvalue weighted by Gasteiger charge is -2.36. The molecule has 1 saturated heterocycles. The molecule has 1 aliphatic rings. The minimum atomic E-state index is -0.330. The van der Waals surface area contributed by atoms with Crippen molar-refractivity contribution in [3.05, 3.63) is 46.7 Å². The molecule has 0 spiro atoms. The molecule has 0 bridgehead atoms. The van der Waals surface area contributed by atoms with Crippen molar-refractivity contribution >= 4 is 54.5 Å². The van der Waals surface area contributed by atoms with Gasteiger partial charge in [0.1, 0.15) is 4.83 Å². The smallest absolute Gasteiger partial charge is 0.165 e. The summed E-state index contributed by atoms with van der Waals surface area (Å²) in [7, 11) is 2.18. The normalized spacial score (nSPS) is 20.8. The van der Waals surface area contributed by atoms with Crippen LogP contribution in [-0.2, 0) is 0 Å². The van der Waals surface area contributed by atoms with Crippen LogP contribution in [0.1, 0.15) is 30.6 Å². The Morgan fingerprint density at radius 2 is 2.14 bits per heavy atom. The fourth-order valence-electron chi connectivity index (χ4n) is 4.07. The van der Waals surface area contributed by atoms with Gasteiger partial charge in [0, 0.05) is 27.9 Å². The van der Waals surface area contributed by atoms with Crippen LogP contribution in [0.15, 0.2) is 36.0 Å². The maximum atomic E-state index is 14.7. The minimum absolute atomic E-state index is 0.330. The van der Waals surface area contributed by atoms with Gasteiger partial charge in [-0.3, -0.25) is 0 Å². The van der Waals surface area contributed by atoms with E-state index < -0.39 is 0 Å². The van der Waals surface area contributed by atoms with Crippen LogP contribution in [-0.4, -0.2) is 34.5 Å². The molecule has 2 unspecified atom stereocenters. The number of rotatable bonds is 3. The maximum absolute atomic E-state index is 14.7. The van der Waals surface area contributed by atoms with Crippen molar-refractivity contribution in [3.63, 3.8) is 0 Å². The lowest BCUT2D eigenvalue weighted by molar-refractivity contribution is 0.176. The lowest BCUT2D eigenvalue weighted by atomic mass is 9.89. The first-order chi connectivity index (χ1) is 13.6. The molecule has 28 heavy (non-hydrogen) atoms. The zero-order chi connectivity index (χ0) is 19.3. The molecule has 144 valence electrons. The number of hydrogen-bond donors (Lipinski definition) is 1. The first kappa shape index (κ1) is 18.0. The number of anilines is 2. The highest BCUT2D eigenvalue weighted by Gasteiger charge is 2.28. The Morgan fingerprint density at radius 1 is 1.25 bits per heavy atom. The molecule has 1 aliphatic heterocycles. The van der Waals surface area contributed by atoms with E-state index >= 15 is 0 Å². The summed E-state index contributed by atoms with van der Waals surface area (Å²) >= 11 is 3.29. The van der Waals surface area contributed by atoms with E-state index in [0.717, 1.165) is 32.7 Å². The van der Waals surface area contributed by atoms with Crippen molar-refractivity contribution in [2.24, 2.45) is 0 Å². The van der Waals surface area contributed by atoms with Crippen LogP contribution in [0.5, 0.6) is 0 Å². The van der Waals surface area contributed by atoms with E-state index in [1.54, 1.807) is 22.7 Å². The van der Waals surface area contributed by atoms with Crippen LogP contribution in [0.2, 0.25) is 0 Å². The van der Waals surface area contributed by atoms with Gasteiger partial charge < -0.3 is 10.2 Å². The van der Waals surface area contributed by atoms with E-state index in [0.29, 0.717) is 17.6 Å². The molecule has 1 N–H and O–H groups in total. The molecule has 0 radical (unpaired) electrons. The van der Waals surface area contributed by atoms with Gasteiger partial charge in [-0.05, 0) is 57.6 Å². The monoisotopic (exact) mass is 412 g/mol. The number of fused-ring (bicyclic) bond motifs is 2. The Bertz CT molecular complexity index is 1150. The van der Waals surface area contributed by atoms with Crippen molar-refractivity contribution < 1.29 is 4.39 Å². The molecule has 3 aromatic heterocycles. The summed E-state index contributed by atoms with van der Waals surface area (Å²) < 4.78 is 15.8. The highest BCUT2D eigenvalue weighted by Crippen LogP contribution is 2.41. The third-order valence-electron chi connectivity index (χ3n) is 5.80. The van der Waals surface area contributed by atoms with Crippen molar-refractivity contribution in [2.45, 2.75) is 31.7 Å². The van der Waals surface area contributed by atoms with Gasteiger partial charge in [0.2, 0.25) is 0 Å². The molecule has 1 fully saturated rings. The average Bonchev–Trinajstić information content (AvgIpc) is 3.32. The van der Waals surface area contributed by atoms with Gasteiger partial charge in [-0.25, -0.2) is 14.4 Å².